The topological polar surface area (TPSA) is 103 Å². The number of piperidine rings is 3. The van der Waals surface area contributed by atoms with Crippen molar-refractivity contribution in [3.63, 3.8) is 0 Å². The van der Waals surface area contributed by atoms with Gasteiger partial charge in [0.05, 0.1) is 11.7 Å². The number of hydrogen-bond acceptors (Lipinski definition) is 5. The number of pyridine rings is 1. The van der Waals surface area contributed by atoms with Crippen molar-refractivity contribution in [1.29, 1.82) is 0 Å². The van der Waals surface area contributed by atoms with Crippen molar-refractivity contribution in [2.45, 2.75) is 71.0 Å². The van der Waals surface area contributed by atoms with E-state index in [1.54, 1.807) is 0 Å². The molecule has 2 amide bonds. The van der Waals surface area contributed by atoms with Crippen molar-refractivity contribution in [3.05, 3.63) is 29.6 Å². The van der Waals surface area contributed by atoms with Crippen LogP contribution in [0.4, 0.5) is 0 Å². The number of nitrogens with one attached hydrogen (secondary N) is 1. The van der Waals surface area contributed by atoms with Crippen molar-refractivity contribution in [2.24, 2.45) is 11.8 Å². The molecule has 0 saturated carbocycles. The highest BCUT2D eigenvalue weighted by Crippen LogP contribution is 2.41. The Bertz CT molecular complexity index is 802. The maximum absolute atomic E-state index is 12.8. The summed E-state index contributed by atoms with van der Waals surface area (Å²) in [5.74, 6) is 1.34. The fraction of sp³-hybridized carbons (Fsp3) is 0.667. The van der Waals surface area contributed by atoms with Gasteiger partial charge in [-0.15, -0.1) is 0 Å². The number of carbonyl (C=O) groups is 3. The van der Waals surface area contributed by atoms with E-state index in [-0.39, 0.29) is 18.4 Å². The SMILES string of the molecule is CCCC(=O)NC[C@H]1[C@H]2C[C@H](CN(Cc3cccc(C)n3)C2)[C@@H]2CCCC(=O)N21.O=CO. The minimum atomic E-state index is -0.250. The number of nitrogens with zero attached hydrogens (tertiary/aromatic N) is 3. The summed E-state index contributed by atoms with van der Waals surface area (Å²) in [4.78, 5) is 42.7. The molecule has 0 radical (unpaired) electrons. The first-order chi connectivity index (χ1) is 15.5. The van der Waals surface area contributed by atoms with Crippen LogP contribution < -0.4 is 5.32 Å². The van der Waals surface area contributed by atoms with Gasteiger partial charge in [-0.25, -0.2) is 0 Å². The zero-order valence-electron chi connectivity index (χ0n) is 19.2. The van der Waals surface area contributed by atoms with Crippen molar-refractivity contribution < 1.29 is 19.5 Å². The molecule has 0 aromatic carbocycles. The van der Waals surface area contributed by atoms with Gasteiger partial charge in [0, 0.05) is 50.8 Å². The molecule has 8 nitrogen and oxygen atoms in total. The molecular weight excluding hydrogens is 408 g/mol. The van der Waals surface area contributed by atoms with Gasteiger partial charge in [0.25, 0.3) is 6.47 Å². The summed E-state index contributed by atoms with van der Waals surface area (Å²) in [6, 6.07) is 6.67. The Hall–Kier alpha value is -2.48. The molecule has 3 aliphatic heterocycles. The molecule has 2 bridgehead atoms. The Labute approximate surface area is 190 Å². The summed E-state index contributed by atoms with van der Waals surface area (Å²) in [5.41, 5.74) is 2.18. The van der Waals surface area contributed by atoms with Gasteiger partial charge >= 0.3 is 0 Å². The predicted molar refractivity (Wildman–Crippen MR) is 121 cm³/mol. The standard InChI is InChI=1S/C23H34N4O2.CH2O2/c1-3-6-22(28)24-12-21-18-11-17(20-9-5-10-23(29)27(20)21)13-26(14-18)15-19-8-4-7-16(2)25-19;2-1-3/h4,7-8,17-18,20-21H,3,5-6,9-15H2,1-2H3,(H,24,28);1H,(H,2,3)/t17-,18+,20+,21+;/m1./s1. The minimum absolute atomic E-state index is 0.104. The molecule has 4 rings (SSSR count). The molecule has 8 heteroatoms. The van der Waals surface area contributed by atoms with Gasteiger partial charge in [-0.05, 0) is 56.6 Å². The summed E-state index contributed by atoms with van der Waals surface area (Å²) < 4.78 is 0. The molecule has 0 unspecified atom stereocenters. The second-order valence-electron chi connectivity index (χ2n) is 9.21. The third-order valence-electron chi connectivity index (χ3n) is 6.89. The lowest BCUT2D eigenvalue weighted by Crippen LogP contribution is -2.67. The monoisotopic (exact) mass is 444 g/mol. The Kier molecular flexibility index (Phi) is 8.61. The normalized spacial score (nSPS) is 27.1. The number of likely N-dealkylation sites (tertiary alicyclic amines) is 1. The molecule has 4 heterocycles. The Morgan fingerprint density at radius 2 is 2.06 bits per heavy atom. The number of aromatic nitrogens is 1. The lowest BCUT2D eigenvalue weighted by molar-refractivity contribution is -0.153. The first-order valence-corrected chi connectivity index (χ1v) is 11.8. The summed E-state index contributed by atoms with van der Waals surface area (Å²) in [7, 11) is 0. The van der Waals surface area contributed by atoms with Crippen molar-refractivity contribution in [2.75, 3.05) is 19.6 Å². The smallest absolute Gasteiger partial charge is 0.290 e. The number of aryl methyl sites for hydroxylation is 1. The predicted octanol–water partition coefficient (Wildman–Crippen LogP) is 2.21. The third-order valence-corrected chi connectivity index (χ3v) is 6.89. The molecule has 176 valence electrons. The summed E-state index contributed by atoms with van der Waals surface area (Å²) in [6.07, 6.45) is 5.33. The molecule has 2 N–H and O–H groups in total. The number of hydrogen-bond donors (Lipinski definition) is 2. The van der Waals surface area contributed by atoms with Gasteiger partial charge in [-0.1, -0.05) is 13.0 Å². The molecule has 4 atom stereocenters. The van der Waals surface area contributed by atoms with E-state index >= 15 is 0 Å². The van der Waals surface area contributed by atoms with Crippen LogP contribution in [0.3, 0.4) is 0 Å². The van der Waals surface area contributed by atoms with E-state index in [0.717, 1.165) is 50.3 Å². The van der Waals surface area contributed by atoms with Crippen LogP contribution in [0.25, 0.3) is 0 Å². The number of carbonyl (C=O) groups excluding carboxylic acids is 2. The van der Waals surface area contributed by atoms with Gasteiger partial charge < -0.3 is 15.3 Å². The van der Waals surface area contributed by atoms with Gasteiger partial charge in [0.2, 0.25) is 11.8 Å². The van der Waals surface area contributed by atoms with Crippen molar-refractivity contribution in [3.8, 4) is 0 Å². The zero-order valence-corrected chi connectivity index (χ0v) is 19.2. The minimum Gasteiger partial charge on any atom is -0.483 e. The van der Waals surface area contributed by atoms with Crippen LogP contribution in [0, 0.1) is 18.8 Å². The van der Waals surface area contributed by atoms with Crippen LogP contribution in [0.2, 0.25) is 0 Å². The second kappa shape index (κ2) is 11.4. The first-order valence-electron chi connectivity index (χ1n) is 11.8. The number of carboxylic acid groups (broad SMARTS) is 1. The van der Waals surface area contributed by atoms with E-state index in [1.165, 1.54) is 6.42 Å². The van der Waals surface area contributed by atoms with Crippen LogP contribution in [0.15, 0.2) is 18.2 Å². The van der Waals surface area contributed by atoms with E-state index in [1.807, 2.05) is 19.9 Å². The van der Waals surface area contributed by atoms with E-state index in [0.29, 0.717) is 43.2 Å². The molecule has 3 saturated heterocycles. The molecular formula is C24H36N4O4. The van der Waals surface area contributed by atoms with Gasteiger partial charge in [0.1, 0.15) is 0 Å². The highest BCUT2D eigenvalue weighted by Gasteiger charge is 2.49. The average molecular weight is 445 g/mol. The van der Waals surface area contributed by atoms with Gasteiger partial charge in [-0.2, -0.15) is 0 Å². The van der Waals surface area contributed by atoms with E-state index in [9.17, 15) is 9.59 Å². The first kappa shape index (κ1) is 24.2. The Morgan fingerprint density at radius 1 is 1.31 bits per heavy atom. The number of amides is 2. The zero-order chi connectivity index (χ0) is 23.1. The summed E-state index contributed by atoms with van der Waals surface area (Å²) in [6.45, 7) is 7.27. The molecule has 32 heavy (non-hydrogen) atoms. The lowest BCUT2D eigenvalue weighted by atomic mass is 9.72. The Morgan fingerprint density at radius 3 is 2.78 bits per heavy atom. The molecule has 3 fully saturated rings. The molecule has 1 aromatic heterocycles. The Balaban J connectivity index is 0.000000913. The molecule has 1 aromatic rings. The average Bonchev–Trinajstić information content (AvgIpc) is 2.75. The lowest BCUT2D eigenvalue weighted by Gasteiger charge is -2.56. The second-order valence-corrected chi connectivity index (χ2v) is 9.21. The third kappa shape index (κ3) is 5.85. The quantitative estimate of drug-likeness (QED) is 0.652. The van der Waals surface area contributed by atoms with Crippen molar-refractivity contribution >= 4 is 18.3 Å². The summed E-state index contributed by atoms with van der Waals surface area (Å²) in [5, 5.41) is 10.0. The maximum Gasteiger partial charge on any atom is 0.290 e. The largest absolute Gasteiger partial charge is 0.483 e. The highest BCUT2D eigenvalue weighted by molar-refractivity contribution is 5.78. The van der Waals surface area contributed by atoms with Gasteiger partial charge in [-0.3, -0.25) is 24.3 Å². The fourth-order valence-corrected chi connectivity index (χ4v) is 5.71. The van der Waals surface area contributed by atoms with E-state index in [2.05, 4.69) is 27.2 Å². The van der Waals surface area contributed by atoms with E-state index in [4.69, 9.17) is 14.9 Å². The van der Waals surface area contributed by atoms with Crippen LogP contribution >= 0.6 is 0 Å². The van der Waals surface area contributed by atoms with Gasteiger partial charge in [0.15, 0.2) is 0 Å². The number of rotatable bonds is 6. The fourth-order valence-electron chi connectivity index (χ4n) is 5.71. The van der Waals surface area contributed by atoms with Crippen LogP contribution in [0.1, 0.15) is 56.8 Å². The summed E-state index contributed by atoms with van der Waals surface area (Å²) >= 11 is 0. The van der Waals surface area contributed by atoms with Crippen molar-refractivity contribution in [1.82, 2.24) is 20.1 Å². The van der Waals surface area contributed by atoms with Crippen LogP contribution in [0.5, 0.6) is 0 Å². The molecule has 0 spiro atoms. The maximum atomic E-state index is 12.8. The highest BCUT2D eigenvalue weighted by atomic mass is 16.3. The molecule has 3 aliphatic rings. The van der Waals surface area contributed by atoms with E-state index < -0.39 is 0 Å². The number of fused-ring (bicyclic) bond motifs is 4. The molecule has 0 aliphatic carbocycles. The van der Waals surface area contributed by atoms with Crippen LogP contribution in [-0.4, -0.2) is 69.9 Å². The van der Waals surface area contributed by atoms with Crippen LogP contribution in [-0.2, 0) is 20.9 Å².